The molecular formula is C29H50N4O6. The Morgan fingerprint density at radius 3 is 1.95 bits per heavy atom. The molecule has 10 heteroatoms. The molecule has 0 aliphatic carbocycles. The van der Waals surface area contributed by atoms with Gasteiger partial charge in [-0.15, -0.1) is 0 Å². The van der Waals surface area contributed by atoms with Gasteiger partial charge >= 0.3 is 0 Å². The van der Waals surface area contributed by atoms with Crippen molar-refractivity contribution in [3.63, 3.8) is 0 Å². The van der Waals surface area contributed by atoms with Gasteiger partial charge in [-0.2, -0.15) is 0 Å². The van der Waals surface area contributed by atoms with Crippen molar-refractivity contribution in [3.8, 4) is 0 Å². The molecule has 5 amide bonds. The molecular weight excluding hydrogens is 500 g/mol. The zero-order chi connectivity index (χ0) is 29.9. The number of hydrogen-bond donors (Lipinski definition) is 0. The Balaban J connectivity index is 2.72. The van der Waals surface area contributed by atoms with Crippen LogP contribution in [0, 0.1) is 11.8 Å². The molecule has 1 aliphatic heterocycles. The summed E-state index contributed by atoms with van der Waals surface area (Å²) in [5.41, 5.74) is 0. The topological polar surface area (TPSA) is 108 Å². The van der Waals surface area contributed by atoms with Gasteiger partial charge in [-0.25, -0.2) is 0 Å². The maximum atomic E-state index is 13.4. The SMILES string of the molecule is CCC(C)C(C(CC)OC)N(C)C(=O)CN(C)C(=O)C(C(C)C)N(C)C(=O)CCCCCN1C(=O)C=CC1=O. The van der Waals surface area contributed by atoms with E-state index in [1.165, 1.54) is 26.9 Å². The number of nitrogens with zero attached hydrogens (tertiary/aromatic N) is 4. The molecule has 0 spiro atoms. The van der Waals surface area contributed by atoms with Crippen LogP contribution in [0.15, 0.2) is 12.2 Å². The van der Waals surface area contributed by atoms with E-state index in [0.717, 1.165) is 12.8 Å². The van der Waals surface area contributed by atoms with Crippen molar-refractivity contribution < 1.29 is 28.7 Å². The molecule has 0 saturated heterocycles. The predicted octanol–water partition coefficient (Wildman–Crippen LogP) is 2.71. The van der Waals surface area contributed by atoms with Crippen LogP contribution in [0.25, 0.3) is 0 Å². The number of likely N-dealkylation sites (N-methyl/N-ethyl adjacent to an activating group) is 3. The average molecular weight is 551 g/mol. The summed E-state index contributed by atoms with van der Waals surface area (Å²) in [6, 6.07) is -0.802. The van der Waals surface area contributed by atoms with Gasteiger partial charge in [0.2, 0.25) is 17.7 Å². The number of unbranched alkanes of at least 4 members (excludes halogenated alkanes) is 2. The Bertz CT molecular complexity index is 867. The van der Waals surface area contributed by atoms with Crippen molar-refractivity contribution in [2.45, 2.75) is 91.3 Å². The molecule has 39 heavy (non-hydrogen) atoms. The first kappa shape index (κ1) is 34.3. The lowest BCUT2D eigenvalue weighted by atomic mass is 9.91. The number of rotatable bonds is 17. The molecule has 0 bridgehead atoms. The van der Waals surface area contributed by atoms with Crippen LogP contribution in [0.3, 0.4) is 0 Å². The summed E-state index contributed by atoms with van der Waals surface area (Å²) in [6.07, 6.45) is 6.21. The van der Waals surface area contributed by atoms with E-state index in [-0.39, 0.29) is 66.5 Å². The molecule has 222 valence electrons. The Kier molecular flexibility index (Phi) is 14.4. The summed E-state index contributed by atoms with van der Waals surface area (Å²) in [5, 5.41) is 0. The molecule has 0 N–H and O–H groups in total. The van der Waals surface area contributed by atoms with E-state index < -0.39 is 6.04 Å². The van der Waals surface area contributed by atoms with Gasteiger partial charge < -0.3 is 19.4 Å². The van der Waals surface area contributed by atoms with Crippen molar-refractivity contribution in [1.29, 1.82) is 0 Å². The van der Waals surface area contributed by atoms with Crippen LogP contribution >= 0.6 is 0 Å². The van der Waals surface area contributed by atoms with Crippen molar-refractivity contribution >= 4 is 29.5 Å². The monoisotopic (exact) mass is 550 g/mol. The quantitative estimate of drug-likeness (QED) is 0.204. The van der Waals surface area contributed by atoms with E-state index in [1.807, 2.05) is 20.8 Å². The highest BCUT2D eigenvalue weighted by Crippen LogP contribution is 2.22. The number of carbonyl (C=O) groups is 5. The highest BCUT2D eigenvalue weighted by Gasteiger charge is 2.35. The van der Waals surface area contributed by atoms with Crippen LogP contribution in [-0.4, -0.2) is 109 Å². The second-order valence-electron chi connectivity index (χ2n) is 10.9. The minimum Gasteiger partial charge on any atom is -0.379 e. The second kappa shape index (κ2) is 16.4. The maximum Gasteiger partial charge on any atom is 0.253 e. The van der Waals surface area contributed by atoms with Crippen LogP contribution in [0.1, 0.15) is 73.1 Å². The molecule has 1 aliphatic rings. The van der Waals surface area contributed by atoms with E-state index in [9.17, 15) is 24.0 Å². The fourth-order valence-electron chi connectivity index (χ4n) is 5.17. The third-order valence-corrected chi connectivity index (χ3v) is 7.77. The highest BCUT2D eigenvalue weighted by molar-refractivity contribution is 6.12. The Morgan fingerprint density at radius 2 is 1.46 bits per heavy atom. The normalized spacial score (nSPS) is 16.3. The van der Waals surface area contributed by atoms with Gasteiger partial charge in [0.1, 0.15) is 6.04 Å². The number of hydrogen-bond acceptors (Lipinski definition) is 6. The Morgan fingerprint density at radius 1 is 0.872 bits per heavy atom. The van der Waals surface area contributed by atoms with Crippen molar-refractivity contribution in [2.24, 2.45) is 11.8 Å². The summed E-state index contributed by atoms with van der Waals surface area (Å²) in [6.45, 7) is 10.2. The van der Waals surface area contributed by atoms with Crippen LogP contribution in [0.5, 0.6) is 0 Å². The third kappa shape index (κ3) is 9.44. The molecule has 1 heterocycles. The smallest absolute Gasteiger partial charge is 0.253 e. The average Bonchev–Trinajstić information content (AvgIpc) is 3.22. The fourth-order valence-corrected chi connectivity index (χ4v) is 5.17. The number of amides is 5. The Labute approximate surface area is 234 Å². The summed E-state index contributed by atoms with van der Waals surface area (Å²) in [4.78, 5) is 68.7. The maximum absolute atomic E-state index is 13.4. The molecule has 0 radical (unpaired) electrons. The first-order chi connectivity index (χ1) is 18.3. The van der Waals surface area contributed by atoms with Crippen molar-refractivity contribution in [3.05, 3.63) is 12.2 Å². The van der Waals surface area contributed by atoms with E-state index in [0.29, 0.717) is 25.8 Å². The molecule has 0 aromatic heterocycles. The predicted molar refractivity (Wildman–Crippen MR) is 150 cm³/mol. The lowest BCUT2D eigenvalue weighted by molar-refractivity contribution is -0.149. The lowest BCUT2D eigenvalue weighted by Crippen LogP contribution is -2.55. The van der Waals surface area contributed by atoms with Crippen molar-refractivity contribution in [1.82, 2.24) is 19.6 Å². The van der Waals surface area contributed by atoms with Crippen LogP contribution < -0.4 is 0 Å². The highest BCUT2D eigenvalue weighted by atomic mass is 16.5. The van der Waals surface area contributed by atoms with Gasteiger partial charge in [-0.3, -0.25) is 28.9 Å². The second-order valence-corrected chi connectivity index (χ2v) is 10.9. The van der Waals surface area contributed by atoms with Gasteiger partial charge in [0.15, 0.2) is 0 Å². The zero-order valence-electron chi connectivity index (χ0n) is 25.4. The van der Waals surface area contributed by atoms with Gasteiger partial charge in [0.25, 0.3) is 11.8 Å². The number of carbonyl (C=O) groups excluding carboxylic acids is 5. The number of methoxy groups -OCH3 is 1. The third-order valence-electron chi connectivity index (χ3n) is 7.77. The first-order valence-electron chi connectivity index (χ1n) is 14.1. The van der Waals surface area contributed by atoms with Crippen LogP contribution in [-0.2, 0) is 28.7 Å². The van der Waals surface area contributed by atoms with Crippen LogP contribution in [0.4, 0.5) is 0 Å². The van der Waals surface area contributed by atoms with Gasteiger partial charge in [0.05, 0.1) is 18.7 Å². The summed E-state index contributed by atoms with van der Waals surface area (Å²) in [7, 11) is 6.65. The van der Waals surface area contributed by atoms with E-state index in [1.54, 1.807) is 33.2 Å². The van der Waals surface area contributed by atoms with Crippen molar-refractivity contribution in [2.75, 3.05) is 41.3 Å². The molecule has 10 nitrogen and oxygen atoms in total. The Hall–Kier alpha value is -2.75. The zero-order valence-corrected chi connectivity index (χ0v) is 25.4. The standard InChI is InChI=1S/C29H50N4O6/c1-10-21(5)28(22(11-2)39-9)32(8)26(37)19-30(6)29(38)27(20(3)4)31(7)23(34)15-13-12-14-18-33-24(35)16-17-25(33)36/h16-17,20-22,27-28H,10-15,18-19H2,1-9H3. The minimum absolute atomic E-state index is 0.0868. The minimum atomic E-state index is -0.695. The van der Waals surface area contributed by atoms with Gasteiger partial charge in [-0.1, -0.05) is 47.5 Å². The van der Waals surface area contributed by atoms with E-state index in [4.69, 9.17) is 4.74 Å². The first-order valence-corrected chi connectivity index (χ1v) is 14.1. The molecule has 0 fully saturated rings. The van der Waals surface area contributed by atoms with Crippen LogP contribution in [0.2, 0.25) is 0 Å². The van der Waals surface area contributed by atoms with Gasteiger partial charge in [-0.05, 0) is 31.1 Å². The number of ether oxygens (including phenoxy) is 1. The fraction of sp³-hybridized carbons (Fsp3) is 0.759. The lowest BCUT2D eigenvalue weighted by Gasteiger charge is -2.39. The van der Waals surface area contributed by atoms with E-state index in [2.05, 4.69) is 13.8 Å². The molecule has 0 aromatic rings. The molecule has 0 saturated carbocycles. The summed E-state index contributed by atoms with van der Waals surface area (Å²) < 4.78 is 5.66. The summed E-state index contributed by atoms with van der Waals surface area (Å²) in [5.74, 6) is -1.13. The molecule has 4 atom stereocenters. The summed E-state index contributed by atoms with van der Waals surface area (Å²) >= 11 is 0. The van der Waals surface area contributed by atoms with E-state index >= 15 is 0 Å². The molecule has 0 aromatic carbocycles. The van der Waals surface area contributed by atoms with Gasteiger partial charge in [0, 0.05) is 53.4 Å². The molecule has 1 rings (SSSR count). The molecule has 4 unspecified atom stereocenters. The largest absolute Gasteiger partial charge is 0.379 e. The number of imide groups is 1.